The van der Waals surface area contributed by atoms with Crippen molar-refractivity contribution in [3.63, 3.8) is 0 Å². The summed E-state index contributed by atoms with van der Waals surface area (Å²) in [5, 5.41) is 0. The van der Waals surface area contributed by atoms with Crippen molar-refractivity contribution in [3.8, 4) is 0 Å². The first-order valence-electron chi connectivity index (χ1n) is 11.3. The molecule has 0 bridgehead atoms. The first-order valence-corrected chi connectivity index (χ1v) is 11.3. The second-order valence-electron chi connectivity index (χ2n) is 8.83. The molecule has 1 unspecified atom stereocenters. The van der Waals surface area contributed by atoms with Crippen molar-refractivity contribution < 1.29 is 53.7 Å². The van der Waals surface area contributed by atoms with Gasteiger partial charge in [-0.1, -0.05) is 74.5 Å². The Balaban J connectivity index is 0. The molecule has 0 fully saturated rings. The smallest absolute Gasteiger partial charge is 0.191 e. The molecular weight excluding hydrogens is 461 g/mol. The first-order chi connectivity index (χ1) is 14.0. The zero-order valence-corrected chi connectivity index (χ0v) is 21.9. The Morgan fingerprint density at radius 3 is 1.62 bits per heavy atom. The van der Waals surface area contributed by atoms with E-state index >= 15 is 0 Å². The monoisotopic (exact) mass is 501 g/mol. The Morgan fingerprint density at radius 1 is 0.719 bits per heavy atom. The Hall–Kier alpha value is -1.10. The first kappa shape index (κ1) is 33.1. The molecule has 0 aliphatic carbocycles. The molecule has 3 nitrogen and oxygen atoms in total. The summed E-state index contributed by atoms with van der Waals surface area (Å²) in [7, 11) is 0. The van der Waals surface area contributed by atoms with Crippen molar-refractivity contribution in [1.29, 1.82) is 0 Å². The van der Waals surface area contributed by atoms with Gasteiger partial charge in [-0.2, -0.15) is 0 Å². The zero-order valence-electron chi connectivity index (χ0n) is 19.7. The molecule has 0 aromatic heterocycles. The van der Waals surface area contributed by atoms with Gasteiger partial charge in [0.05, 0.1) is 6.04 Å². The summed E-state index contributed by atoms with van der Waals surface area (Å²) >= 11 is 0. The van der Waals surface area contributed by atoms with Crippen LogP contribution in [0.1, 0.15) is 50.7 Å². The lowest BCUT2D eigenvalue weighted by Crippen LogP contribution is -3.00. The van der Waals surface area contributed by atoms with Gasteiger partial charge in [-0.05, 0) is 36.8 Å². The minimum absolute atomic E-state index is 0. The van der Waals surface area contributed by atoms with E-state index in [1.54, 1.807) is 0 Å². The van der Waals surface area contributed by atoms with Crippen LogP contribution in [0.3, 0.4) is 0 Å². The van der Waals surface area contributed by atoms with Crippen molar-refractivity contribution in [2.24, 2.45) is 11.8 Å². The number of hydrogen-bond acceptors (Lipinski definition) is 0. The van der Waals surface area contributed by atoms with Gasteiger partial charge in [-0.15, -0.1) is 0 Å². The van der Waals surface area contributed by atoms with Crippen LogP contribution in [0.15, 0.2) is 60.7 Å². The van der Waals surface area contributed by atoms with E-state index in [-0.39, 0.29) is 37.2 Å². The van der Waals surface area contributed by atoms with Crippen molar-refractivity contribution in [2.75, 3.05) is 6.54 Å². The van der Waals surface area contributed by atoms with Crippen LogP contribution in [-0.2, 0) is 12.8 Å². The van der Waals surface area contributed by atoms with Crippen LogP contribution in [0.4, 0.5) is 0 Å². The lowest BCUT2D eigenvalue weighted by Gasteiger charge is -2.12. The molecule has 0 heterocycles. The van der Waals surface area contributed by atoms with Gasteiger partial charge in [0.15, 0.2) is 6.54 Å². The molecule has 2 aromatic rings. The summed E-state index contributed by atoms with van der Waals surface area (Å²) in [4.78, 5) is 3.60. The Bertz CT molecular complexity index is 652. The van der Waals surface area contributed by atoms with Crippen molar-refractivity contribution in [2.45, 2.75) is 64.5 Å². The molecule has 182 valence electrons. The van der Waals surface area contributed by atoms with E-state index in [0.717, 1.165) is 25.8 Å². The minimum atomic E-state index is 0. The molecule has 2 rings (SSSR count). The SMILES string of the molecule is CC(C)C([NH3+])CC[C@H]([NH3+])C[NH+]=CC(CCc1ccccc1)CCc1ccccc1.[Cl-].[Cl-].[Cl-]. The maximum atomic E-state index is 4.34. The second-order valence-corrected chi connectivity index (χ2v) is 8.83. The summed E-state index contributed by atoms with van der Waals surface area (Å²) in [5.41, 5.74) is 11.5. The van der Waals surface area contributed by atoms with E-state index in [9.17, 15) is 0 Å². The third-order valence-electron chi connectivity index (χ3n) is 5.94. The Labute approximate surface area is 214 Å². The highest BCUT2D eigenvalue weighted by Crippen LogP contribution is 2.14. The molecular formula is C26H42Cl3N3. The molecule has 6 heteroatoms. The fourth-order valence-electron chi connectivity index (χ4n) is 3.59. The number of rotatable bonds is 13. The molecule has 2 atom stereocenters. The van der Waals surface area contributed by atoms with Gasteiger partial charge in [0.25, 0.3) is 0 Å². The molecule has 2 aromatic carbocycles. The molecule has 0 amide bonds. The minimum Gasteiger partial charge on any atom is -1.00 e. The Morgan fingerprint density at radius 2 is 1.19 bits per heavy atom. The summed E-state index contributed by atoms with van der Waals surface area (Å²) in [6.45, 7) is 5.47. The van der Waals surface area contributed by atoms with E-state index in [0.29, 0.717) is 23.9 Å². The van der Waals surface area contributed by atoms with E-state index in [1.807, 2.05) is 0 Å². The van der Waals surface area contributed by atoms with Gasteiger partial charge in [0, 0.05) is 24.7 Å². The lowest BCUT2D eigenvalue weighted by atomic mass is 9.94. The molecule has 0 aliphatic heterocycles. The normalized spacial score (nSPS) is 12.7. The second kappa shape index (κ2) is 19.4. The molecule has 0 spiro atoms. The summed E-state index contributed by atoms with van der Waals surface area (Å²) < 4.78 is 0. The fourth-order valence-corrected chi connectivity index (χ4v) is 3.59. The highest BCUT2D eigenvalue weighted by Gasteiger charge is 2.17. The molecule has 32 heavy (non-hydrogen) atoms. The van der Waals surface area contributed by atoms with Crippen LogP contribution >= 0.6 is 0 Å². The maximum absolute atomic E-state index is 4.34. The summed E-state index contributed by atoms with van der Waals surface area (Å²) in [6.07, 6.45) is 9.27. The van der Waals surface area contributed by atoms with Gasteiger partial charge in [0.1, 0.15) is 12.3 Å². The third kappa shape index (κ3) is 14.1. The molecule has 0 aliphatic rings. The van der Waals surface area contributed by atoms with Crippen LogP contribution in [-0.4, -0.2) is 24.8 Å². The average Bonchev–Trinajstić information content (AvgIpc) is 2.74. The van der Waals surface area contributed by atoms with Crippen molar-refractivity contribution in [3.05, 3.63) is 71.8 Å². The number of halogens is 3. The molecule has 0 saturated heterocycles. The number of aryl methyl sites for hydroxylation is 2. The molecule has 7 N–H and O–H groups in total. The quantitative estimate of drug-likeness (QED) is 0.228. The van der Waals surface area contributed by atoms with Crippen molar-refractivity contribution >= 4 is 6.21 Å². The van der Waals surface area contributed by atoms with Gasteiger partial charge in [0.2, 0.25) is 0 Å². The predicted molar refractivity (Wildman–Crippen MR) is 122 cm³/mol. The van der Waals surface area contributed by atoms with E-state index in [1.165, 1.54) is 30.4 Å². The number of hydrogen-bond donors (Lipinski definition) is 3. The summed E-state index contributed by atoms with van der Waals surface area (Å²) in [6, 6.07) is 22.6. The lowest BCUT2D eigenvalue weighted by molar-refractivity contribution is -0.535. The van der Waals surface area contributed by atoms with E-state index in [2.05, 4.69) is 97.2 Å². The molecule has 0 radical (unpaired) electrons. The van der Waals surface area contributed by atoms with Gasteiger partial charge in [-0.25, -0.2) is 4.99 Å². The van der Waals surface area contributed by atoms with Crippen LogP contribution in [0, 0.1) is 11.8 Å². The van der Waals surface area contributed by atoms with Gasteiger partial charge >= 0.3 is 0 Å². The number of nitrogens with one attached hydrogen (secondary N) is 1. The average molecular weight is 503 g/mol. The maximum Gasteiger partial charge on any atom is 0.191 e. The van der Waals surface area contributed by atoms with E-state index in [4.69, 9.17) is 0 Å². The van der Waals surface area contributed by atoms with Crippen LogP contribution in [0.2, 0.25) is 0 Å². The fraction of sp³-hybridized carbons (Fsp3) is 0.500. The highest BCUT2D eigenvalue weighted by molar-refractivity contribution is 5.54. The van der Waals surface area contributed by atoms with Gasteiger partial charge in [-0.3, -0.25) is 0 Å². The van der Waals surface area contributed by atoms with Crippen molar-refractivity contribution in [1.82, 2.24) is 0 Å². The Kier molecular flexibility index (Phi) is 20.0. The third-order valence-corrected chi connectivity index (χ3v) is 5.94. The van der Waals surface area contributed by atoms with Crippen LogP contribution in [0.5, 0.6) is 0 Å². The standard InChI is InChI=1S/C26H39N3.3ClH/c1-21(2)26(28)18-17-25(27)20-29-19-24(15-13-22-9-5-3-6-10-22)16-14-23-11-7-4-8-12-23;;;/h3-12,19,21,24-26H,13-18,20,27-28H2,1-2H3;3*1H/t25-,26?;;;/m0.../s1. The van der Waals surface area contributed by atoms with E-state index < -0.39 is 0 Å². The van der Waals surface area contributed by atoms with Crippen LogP contribution < -0.4 is 53.7 Å². The highest BCUT2D eigenvalue weighted by atomic mass is 35.5. The largest absolute Gasteiger partial charge is 1.00 e. The summed E-state index contributed by atoms with van der Waals surface area (Å²) in [5.74, 6) is 1.22. The number of quaternary nitrogens is 2. The molecule has 0 saturated carbocycles. The van der Waals surface area contributed by atoms with Gasteiger partial charge < -0.3 is 48.7 Å². The predicted octanol–water partition coefficient (Wildman–Crippen LogP) is -7.31. The zero-order chi connectivity index (χ0) is 20.9. The topological polar surface area (TPSA) is 69.2 Å². The number of benzene rings is 2. The van der Waals surface area contributed by atoms with Crippen LogP contribution in [0.25, 0.3) is 0 Å².